The summed E-state index contributed by atoms with van der Waals surface area (Å²) in [4.78, 5) is 32.1. The summed E-state index contributed by atoms with van der Waals surface area (Å²) in [6.07, 6.45) is 4.42. The first-order valence-corrected chi connectivity index (χ1v) is 12.6. The number of fused-ring (bicyclic) bond motifs is 1. The summed E-state index contributed by atoms with van der Waals surface area (Å²) in [7, 11) is 3.36. The summed E-state index contributed by atoms with van der Waals surface area (Å²) in [5, 5.41) is 15.2. The van der Waals surface area contributed by atoms with Crippen molar-refractivity contribution in [2.24, 2.45) is 0 Å². The van der Waals surface area contributed by atoms with Crippen LogP contribution in [0.25, 0.3) is 33.5 Å². The zero-order chi connectivity index (χ0) is 26.6. The molecule has 10 nitrogen and oxygen atoms in total. The molecular weight excluding hydrogens is 519 g/mol. The first-order valence-electron chi connectivity index (χ1n) is 12.6. The summed E-state index contributed by atoms with van der Waals surface area (Å²) < 4.78 is 3.46. The van der Waals surface area contributed by atoms with E-state index in [-0.39, 0.29) is 69.4 Å². The normalized spacial score (nSPS) is 10.9. The third kappa shape index (κ3) is 6.28. The minimum atomic E-state index is -0.213. The molecule has 0 N–H and O–H groups in total. The molecule has 0 radical (unpaired) electrons. The van der Waals surface area contributed by atoms with Crippen LogP contribution in [0.15, 0.2) is 65.6 Å². The van der Waals surface area contributed by atoms with Crippen molar-refractivity contribution in [3.8, 4) is 22.5 Å². The second-order valence-corrected chi connectivity index (χ2v) is 9.43. The van der Waals surface area contributed by atoms with E-state index in [0.717, 1.165) is 47.3 Å². The topological polar surface area (TPSA) is 113 Å². The van der Waals surface area contributed by atoms with Gasteiger partial charge in [-0.3, -0.25) is 19.9 Å². The van der Waals surface area contributed by atoms with E-state index in [1.807, 2.05) is 34.9 Å². The van der Waals surface area contributed by atoms with E-state index < -0.39 is 0 Å². The molecule has 0 aliphatic heterocycles. The maximum absolute atomic E-state index is 13.5. The number of imidazole rings is 1. The van der Waals surface area contributed by atoms with Gasteiger partial charge in [-0.05, 0) is 34.7 Å². The van der Waals surface area contributed by atoms with Crippen molar-refractivity contribution < 1.29 is 56.2 Å². The molecule has 3 heterocycles. The fraction of sp³-hybridized carbons (Fsp3) is 0.286. The first kappa shape index (κ1) is 29.0. The Labute approximate surface area is 268 Å². The third-order valence-corrected chi connectivity index (χ3v) is 6.60. The van der Waals surface area contributed by atoms with E-state index >= 15 is 0 Å². The van der Waals surface area contributed by atoms with Crippen molar-refractivity contribution in [3.05, 3.63) is 82.5 Å². The molecule has 0 bridgehead atoms. The summed E-state index contributed by atoms with van der Waals surface area (Å²) in [6.45, 7) is 2.62. The third-order valence-electron chi connectivity index (χ3n) is 6.60. The van der Waals surface area contributed by atoms with Gasteiger partial charge in [0.25, 0.3) is 5.56 Å². The van der Waals surface area contributed by atoms with Crippen LogP contribution in [0.4, 0.5) is 0 Å². The van der Waals surface area contributed by atoms with Gasteiger partial charge in [0.2, 0.25) is 5.91 Å². The maximum Gasteiger partial charge on any atom is 1.00 e. The Morgan fingerprint density at radius 3 is 2.44 bits per heavy atom. The number of tetrazole rings is 1. The van der Waals surface area contributed by atoms with Gasteiger partial charge in [0.1, 0.15) is 17.9 Å². The number of aromatic nitrogens is 7. The second kappa shape index (κ2) is 12.9. The fourth-order valence-corrected chi connectivity index (χ4v) is 4.49. The number of pyridine rings is 1. The number of unbranched alkanes of at least 4 members (excludes halogenated alkanes) is 1. The zero-order valence-electron chi connectivity index (χ0n) is 22.7. The monoisotopic (exact) mass is 548 g/mol. The Morgan fingerprint density at radius 2 is 1.77 bits per heavy atom. The number of amides is 1. The van der Waals surface area contributed by atoms with Gasteiger partial charge in [0, 0.05) is 39.1 Å². The van der Waals surface area contributed by atoms with E-state index in [1.165, 1.54) is 9.47 Å². The summed E-state index contributed by atoms with van der Waals surface area (Å²) >= 11 is 0. The number of aryl methyl sites for hydroxylation is 1. The molecule has 2 aromatic carbocycles. The van der Waals surface area contributed by atoms with Crippen LogP contribution in [0, 0.1) is 0 Å². The summed E-state index contributed by atoms with van der Waals surface area (Å²) in [6, 6.07) is 17.9. The molecule has 0 fully saturated rings. The van der Waals surface area contributed by atoms with Gasteiger partial charge in [-0.25, -0.2) is 4.98 Å². The molecular formula is C28H29KN8O2. The number of nitrogens with zero attached hydrogens (tertiary/aromatic N) is 8. The molecule has 0 saturated carbocycles. The Balaban J connectivity index is 0.00000353. The number of carbonyl (C=O) groups excluding carboxylic acids is 1. The molecule has 0 aliphatic carbocycles. The summed E-state index contributed by atoms with van der Waals surface area (Å²) in [5.74, 6) is 1.22. The first-order chi connectivity index (χ1) is 18.5. The van der Waals surface area contributed by atoms with Crippen LogP contribution in [0.5, 0.6) is 0 Å². The quantitative estimate of drug-likeness (QED) is 0.241. The van der Waals surface area contributed by atoms with Gasteiger partial charge in [0.15, 0.2) is 0 Å². The number of likely N-dealkylation sites (N-methyl/N-ethyl adjacent to an activating group) is 1. The fourth-order valence-electron chi connectivity index (χ4n) is 4.49. The van der Waals surface area contributed by atoms with E-state index in [4.69, 9.17) is 4.98 Å². The van der Waals surface area contributed by atoms with Crippen LogP contribution in [0.3, 0.4) is 0 Å². The van der Waals surface area contributed by atoms with Gasteiger partial charge < -0.3 is 19.1 Å². The molecule has 0 unspecified atom stereocenters. The average molecular weight is 549 g/mol. The SMILES string of the molecule is CCCCc1nc2ccn(CC(=O)N(C)C)c(=O)c2n1Cc1ccc(-c2ccccc2-c2nnn[n-]2)cc1.[K+]. The Kier molecular flexibility index (Phi) is 9.62. The van der Waals surface area contributed by atoms with Crippen molar-refractivity contribution >= 4 is 16.9 Å². The predicted octanol–water partition coefficient (Wildman–Crippen LogP) is 0.157. The van der Waals surface area contributed by atoms with E-state index in [2.05, 4.69) is 51.8 Å². The maximum atomic E-state index is 13.5. The number of hydrogen-bond acceptors (Lipinski definition) is 6. The number of hydrogen-bond donors (Lipinski definition) is 0. The van der Waals surface area contributed by atoms with Crippen LogP contribution in [0.1, 0.15) is 31.2 Å². The molecule has 5 aromatic rings. The minimum absolute atomic E-state index is 0. The molecule has 39 heavy (non-hydrogen) atoms. The smallest absolute Gasteiger partial charge is 0.347 e. The van der Waals surface area contributed by atoms with Gasteiger partial charge >= 0.3 is 51.4 Å². The molecule has 194 valence electrons. The van der Waals surface area contributed by atoms with Crippen molar-refractivity contribution in [2.75, 3.05) is 14.1 Å². The van der Waals surface area contributed by atoms with E-state index in [0.29, 0.717) is 23.4 Å². The number of carbonyl (C=O) groups is 1. The minimum Gasteiger partial charge on any atom is -0.347 e. The van der Waals surface area contributed by atoms with E-state index in [1.54, 1.807) is 20.3 Å². The molecule has 0 aliphatic rings. The van der Waals surface area contributed by atoms with Crippen LogP contribution < -0.4 is 62.0 Å². The Morgan fingerprint density at radius 1 is 1.03 bits per heavy atom. The Bertz CT molecular complexity index is 1620. The predicted molar refractivity (Wildman–Crippen MR) is 144 cm³/mol. The molecule has 3 aromatic heterocycles. The molecule has 0 atom stereocenters. The number of benzene rings is 2. The zero-order valence-corrected chi connectivity index (χ0v) is 25.8. The van der Waals surface area contributed by atoms with Crippen LogP contribution in [-0.2, 0) is 24.3 Å². The average Bonchev–Trinajstić information content (AvgIpc) is 3.58. The van der Waals surface area contributed by atoms with E-state index in [9.17, 15) is 9.59 Å². The van der Waals surface area contributed by atoms with Gasteiger partial charge in [0.05, 0.1) is 5.52 Å². The van der Waals surface area contributed by atoms with Crippen LogP contribution >= 0.6 is 0 Å². The van der Waals surface area contributed by atoms with Crippen LogP contribution in [-0.4, -0.2) is 54.5 Å². The molecule has 0 saturated heterocycles. The molecule has 0 spiro atoms. The van der Waals surface area contributed by atoms with Gasteiger partial charge in [-0.15, -0.1) is 0 Å². The molecule has 11 heteroatoms. The standard InChI is InChI=1S/C28H29N8O2.K/c1-4-5-10-24-29-23-15-16-35(18-25(37)34(2)3)28(38)26(23)36(24)17-19-11-13-20(14-12-19)21-8-6-7-9-22(21)27-30-32-33-31-27;/h6-9,11-16H,4-5,10,17-18H2,1-3H3;/q-1;+1. The van der Waals surface area contributed by atoms with Gasteiger partial charge in [-0.1, -0.05) is 61.9 Å². The number of rotatable bonds is 9. The van der Waals surface area contributed by atoms with Crippen molar-refractivity contribution in [3.63, 3.8) is 0 Å². The van der Waals surface area contributed by atoms with Crippen molar-refractivity contribution in [1.82, 2.24) is 39.6 Å². The Hall–Kier alpha value is -2.96. The van der Waals surface area contributed by atoms with Crippen LogP contribution in [0.2, 0.25) is 0 Å². The second-order valence-electron chi connectivity index (χ2n) is 9.43. The van der Waals surface area contributed by atoms with Crippen molar-refractivity contribution in [2.45, 2.75) is 39.3 Å². The summed E-state index contributed by atoms with van der Waals surface area (Å²) in [5.41, 5.74) is 4.86. The molecule has 5 rings (SSSR count). The van der Waals surface area contributed by atoms with Gasteiger partial charge in [-0.2, -0.15) is 5.21 Å². The molecule has 1 amide bonds. The van der Waals surface area contributed by atoms with Crippen molar-refractivity contribution in [1.29, 1.82) is 0 Å². The largest absolute Gasteiger partial charge is 1.00 e.